The summed E-state index contributed by atoms with van der Waals surface area (Å²) >= 11 is 0. The monoisotopic (exact) mass is 277 g/mol. The standard InChI is InChI=1S/C11H19NO7/c1-5(14)12-8-6(15)3-11(2,18)19-10(8)9(17)7(16)4-13/h6-8,10,13,15-16,18H,3-4H2,1-2H3,(H,12,14)/t6-,7+,8+,10?,11+/m0/s1. The molecule has 1 amide bonds. The van der Waals surface area contributed by atoms with Crippen molar-refractivity contribution in [2.24, 2.45) is 0 Å². The number of carbonyl (C=O) groups excluding carboxylic acids is 2. The van der Waals surface area contributed by atoms with E-state index in [2.05, 4.69) is 5.32 Å². The zero-order valence-electron chi connectivity index (χ0n) is 10.7. The molecular formula is C11H19NO7. The molecule has 0 aromatic rings. The molecule has 0 saturated carbocycles. The van der Waals surface area contributed by atoms with E-state index in [0.717, 1.165) is 0 Å². The lowest BCUT2D eigenvalue weighted by atomic mass is 9.90. The van der Waals surface area contributed by atoms with E-state index in [1.165, 1.54) is 13.8 Å². The van der Waals surface area contributed by atoms with Crippen LogP contribution in [0, 0.1) is 0 Å². The van der Waals surface area contributed by atoms with Crippen LogP contribution in [-0.2, 0) is 14.3 Å². The molecular weight excluding hydrogens is 258 g/mol. The topological polar surface area (TPSA) is 136 Å². The Kier molecular flexibility index (Phi) is 4.99. The van der Waals surface area contributed by atoms with Crippen LogP contribution in [-0.4, -0.2) is 68.9 Å². The number of ketones is 1. The normalized spacial score (nSPS) is 36.6. The molecule has 0 bridgehead atoms. The lowest BCUT2D eigenvalue weighted by Crippen LogP contribution is -2.63. The van der Waals surface area contributed by atoms with Crippen LogP contribution in [0.3, 0.4) is 0 Å². The first kappa shape index (κ1) is 16.0. The Morgan fingerprint density at radius 2 is 2.11 bits per heavy atom. The average molecular weight is 277 g/mol. The van der Waals surface area contributed by atoms with Crippen LogP contribution in [0.4, 0.5) is 0 Å². The third-order valence-electron chi connectivity index (χ3n) is 2.86. The first-order valence-corrected chi connectivity index (χ1v) is 5.86. The van der Waals surface area contributed by atoms with Crippen molar-refractivity contribution in [2.75, 3.05) is 6.61 Å². The second-order valence-corrected chi connectivity index (χ2v) is 4.81. The summed E-state index contributed by atoms with van der Waals surface area (Å²) in [6, 6.07) is -1.09. The van der Waals surface area contributed by atoms with E-state index in [0.29, 0.717) is 0 Å². The van der Waals surface area contributed by atoms with Crippen molar-refractivity contribution in [3.05, 3.63) is 0 Å². The third kappa shape index (κ3) is 3.95. The molecule has 8 nitrogen and oxygen atoms in total. The van der Waals surface area contributed by atoms with Crippen LogP contribution >= 0.6 is 0 Å². The van der Waals surface area contributed by atoms with Crippen LogP contribution in [0.5, 0.6) is 0 Å². The van der Waals surface area contributed by atoms with Crippen LogP contribution in [0.1, 0.15) is 20.3 Å². The summed E-state index contributed by atoms with van der Waals surface area (Å²) in [5.74, 6) is -3.17. The summed E-state index contributed by atoms with van der Waals surface area (Å²) in [5.41, 5.74) is 0. The van der Waals surface area contributed by atoms with Crippen molar-refractivity contribution in [1.29, 1.82) is 0 Å². The van der Waals surface area contributed by atoms with Gasteiger partial charge in [0.2, 0.25) is 5.91 Å². The molecule has 1 unspecified atom stereocenters. The van der Waals surface area contributed by atoms with Gasteiger partial charge < -0.3 is 30.5 Å². The molecule has 0 aliphatic carbocycles. The summed E-state index contributed by atoms with van der Waals surface area (Å²) in [5, 5.41) is 40.1. The van der Waals surface area contributed by atoms with E-state index < -0.39 is 48.4 Å². The second-order valence-electron chi connectivity index (χ2n) is 4.81. The molecule has 1 aliphatic heterocycles. The van der Waals surface area contributed by atoms with Crippen molar-refractivity contribution in [3.63, 3.8) is 0 Å². The van der Waals surface area contributed by atoms with E-state index in [4.69, 9.17) is 9.84 Å². The fraction of sp³-hybridized carbons (Fsp3) is 0.818. The number of Topliss-reactive ketones (excluding diaryl/α,β-unsaturated/α-hetero) is 1. The maximum Gasteiger partial charge on any atom is 0.217 e. The quantitative estimate of drug-likeness (QED) is 0.376. The maximum absolute atomic E-state index is 11.8. The van der Waals surface area contributed by atoms with Gasteiger partial charge >= 0.3 is 0 Å². The summed E-state index contributed by atoms with van der Waals surface area (Å²) in [7, 11) is 0. The Morgan fingerprint density at radius 3 is 2.58 bits per heavy atom. The predicted octanol–water partition coefficient (Wildman–Crippen LogP) is -2.73. The van der Waals surface area contributed by atoms with Gasteiger partial charge in [-0.05, 0) is 6.92 Å². The van der Waals surface area contributed by atoms with E-state index in [-0.39, 0.29) is 6.42 Å². The van der Waals surface area contributed by atoms with Crippen LogP contribution in [0.15, 0.2) is 0 Å². The minimum Gasteiger partial charge on any atom is -0.393 e. The average Bonchev–Trinajstić information content (AvgIpc) is 2.29. The lowest BCUT2D eigenvalue weighted by Gasteiger charge is -2.42. The molecule has 1 saturated heterocycles. The third-order valence-corrected chi connectivity index (χ3v) is 2.86. The number of amides is 1. The van der Waals surface area contributed by atoms with Gasteiger partial charge in [0, 0.05) is 13.3 Å². The highest BCUT2D eigenvalue weighted by molar-refractivity contribution is 5.89. The van der Waals surface area contributed by atoms with Gasteiger partial charge in [0.1, 0.15) is 12.2 Å². The SMILES string of the molecule is CC(=O)N[C@H]1C(C(=O)[C@H](O)CO)O[C@@](C)(O)C[C@@H]1O. The fourth-order valence-electron chi connectivity index (χ4n) is 2.03. The van der Waals surface area contributed by atoms with Crippen molar-refractivity contribution >= 4 is 11.7 Å². The highest BCUT2D eigenvalue weighted by atomic mass is 16.6. The number of carbonyl (C=O) groups is 2. The molecule has 8 heteroatoms. The van der Waals surface area contributed by atoms with Gasteiger partial charge in [-0.3, -0.25) is 9.59 Å². The number of hydrogen-bond acceptors (Lipinski definition) is 7. The molecule has 5 atom stereocenters. The molecule has 0 radical (unpaired) electrons. The van der Waals surface area contributed by atoms with Crippen LogP contribution in [0.2, 0.25) is 0 Å². The minimum absolute atomic E-state index is 0.197. The number of aliphatic hydroxyl groups excluding tert-OH is 3. The Balaban J connectivity index is 2.97. The molecule has 1 aliphatic rings. The molecule has 5 N–H and O–H groups in total. The van der Waals surface area contributed by atoms with E-state index >= 15 is 0 Å². The first-order valence-electron chi connectivity index (χ1n) is 5.86. The number of rotatable bonds is 4. The number of nitrogens with one attached hydrogen (secondary N) is 1. The van der Waals surface area contributed by atoms with Crippen molar-refractivity contribution in [3.8, 4) is 0 Å². The maximum atomic E-state index is 11.8. The summed E-state index contributed by atoms with van der Waals surface area (Å²) in [6.07, 6.45) is -4.56. The van der Waals surface area contributed by atoms with Gasteiger partial charge in [0.25, 0.3) is 0 Å². The minimum atomic E-state index is -1.76. The van der Waals surface area contributed by atoms with Gasteiger partial charge in [0.05, 0.1) is 18.8 Å². The Bertz CT molecular complexity index is 357. The molecule has 110 valence electrons. The van der Waals surface area contributed by atoms with E-state index in [1.807, 2.05) is 0 Å². The molecule has 19 heavy (non-hydrogen) atoms. The smallest absolute Gasteiger partial charge is 0.217 e. The van der Waals surface area contributed by atoms with Gasteiger partial charge in [-0.25, -0.2) is 0 Å². The van der Waals surface area contributed by atoms with Gasteiger partial charge in [-0.15, -0.1) is 0 Å². The molecule has 0 spiro atoms. The molecule has 1 rings (SSSR count). The molecule has 1 fully saturated rings. The molecule has 1 heterocycles. The molecule has 0 aromatic heterocycles. The van der Waals surface area contributed by atoms with Crippen LogP contribution < -0.4 is 5.32 Å². The second kappa shape index (κ2) is 5.93. The summed E-state index contributed by atoms with van der Waals surface area (Å²) in [4.78, 5) is 22.9. The van der Waals surface area contributed by atoms with Crippen molar-refractivity contribution < 1.29 is 34.8 Å². The number of aliphatic hydroxyl groups is 4. The number of ether oxygens (including phenoxy) is 1. The Labute approximate surface area is 110 Å². The lowest BCUT2D eigenvalue weighted by molar-refractivity contribution is -0.265. The largest absolute Gasteiger partial charge is 0.393 e. The van der Waals surface area contributed by atoms with Crippen LogP contribution in [0.25, 0.3) is 0 Å². The molecule has 0 aromatic carbocycles. The van der Waals surface area contributed by atoms with Gasteiger partial charge in [-0.2, -0.15) is 0 Å². The van der Waals surface area contributed by atoms with Crippen molar-refractivity contribution in [2.45, 2.75) is 50.4 Å². The number of hydrogen-bond donors (Lipinski definition) is 5. The highest BCUT2D eigenvalue weighted by Gasteiger charge is 2.47. The Morgan fingerprint density at radius 1 is 1.53 bits per heavy atom. The zero-order chi connectivity index (χ0) is 14.8. The highest BCUT2D eigenvalue weighted by Crippen LogP contribution is 2.28. The zero-order valence-corrected chi connectivity index (χ0v) is 10.7. The summed E-state index contributed by atoms with van der Waals surface area (Å²) in [6.45, 7) is 1.64. The van der Waals surface area contributed by atoms with Gasteiger partial charge in [-0.1, -0.05) is 0 Å². The first-order chi connectivity index (χ1) is 8.68. The predicted molar refractivity (Wildman–Crippen MR) is 61.8 cm³/mol. The Hall–Kier alpha value is -1.06. The van der Waals surface area contributed by atoms with Crippen molar-refractivity contribution in [1.82, 2.24) is 5.32 Å². The summed E-state index contributed by atoms with van der Waals surface area (Å²) < 4.78 is 5.10. The van der Waals surface area contributed by atoms with E-state index in [9.17, 15) is 24.9 Å². The van der Waals surface area contributed by atoms with E-state index in [1.54, 1.807) is 0 Å². The fourth-order valence-corrected chi connectivity index (χ4v) is 2.03. The van der Waals surface area contributed by atoms with Gasteiger partial charge in [0.15, 0.2) is 11.6 Å².